The maximum atomic E-state index is 12.3. The van der Waals surface area contributed by atoms with Crippen LogP contribution in [0.3, 0.4) is 0 Å². The van der Waals surface area contributed by atoms with E-state index in [0.29, 0.717) is 25.9 Å². The molecule has 0 bridgehead atoms. The number of hydrogen-bond acceptors (Lipinski definition) is 4. The monoisotopic (exact) mass is 257 g/mol. The number of aliphatic hydroxyl groups is 1. The van der Waals surface area contributed by atoms with Crippen molar-refractivity contribution in [1.82, 2.24) is 9.80 Å². The van der Waals surface area contributed by atoms with E-state index in [9.17, 15) is 9.90 Å². The second-order valence-electron chi connectivity index (χ2n) is 5.57. The Morgan fingerprint density at radius 1 is 1.56 bits per heavy atom. The summed E-state index contributed by atoms with van der Waals surface area (Å²) >= 11 is 0. The van der Waals surface area contributed by atoms with Crippen LogP contribution >= 0.6 is 0 Å². The van der Waals surface area contributed by atoms with Crippen LogP contribution in [0.15, 0.2) is 0 Å². The Kier molecular flexibility index (Phi) is 6.05. The molecule has 1 aliphatic heterocycles. The first-order chi connectivity index (χ1) is 8.47. The van der Waals surface area contributed by atoms with Gasteiger partial charge in [0.1, 0.15) is 0 Å². The van der Waals surface area contributed by atoms with Crippen LogP contribution in [0.25, 0.3) is 0 Å². The SMILES string of the molecule is CCC(CN)CC(=O)N1CC(O)CC1CN(C)C. The molecule has 0 radical (unpaired) electrons. The number of β-amino-alcohol motifs (C(OH)–C–C–N with tert-alkyl or cyclic N) is 1. The summed E-state index contributed by atoms with van der Waals surface area (Å²) in [4.78, 5) is 16.1. The van der Waals surface area contributed by atoms with E-state index in [4.69, 9.17) is 5.73 Å². The maximum absolute atomic E-state index is 12.3. The van der Waals surface area contributed by atoms with Gasteiger partial charge in [-0.2, -0.15) is 0 Å². The Morgan fingerprint density at radius 3 is 2.72 bits per heavy atom. The van der Waals surface area contributed by atoms with Gasteiger partial charge in [0, 0.05) is 25.6 Å². The molecule has 1 saturated heterocycles. The zero-order chi connectivity index (χ0) is 13.7. The minimum atomic E-state index is -0.378. The molecule has 1 fully saturated rings. The zero-order valence-electron chi connectivity index (χ0n) is 11.8. The molecule has 0 aromatic carbocycles. The summed E-state index contributed by atoms with van der Waals surface area (Å²) in [5, 5.41) is 9.74. The third-order valence-electron chi connectivity index (χ3n) is 3.66. The van der Waals surface area contributed by atoms with Gasteiger partial charge in [-0.25, -0.2) is 0 Å². The summed E-state index contributed by atoms with van der Waals surface area (Å²) in [6.07, 6.45) is 1.74. The van der Waals surface area contributed by atoms with Gasteiger partial charge < -0.3 is 20.6 Å². The van der Waals surface area contributed by atoms with Gasteiger partial charge in [0.2, 0.25) is 5.91 Å². The van der Waals surface area contributed by atoms with E-state index in [0.717, 1.165) is 13.0 Å². The fraction of sp³-hybridized carbons (Fsp3) is 0.923. The third kappa shape index (κ3) is 4.23. The minimum absolute atomic E-state index is 0.135. The Labute approximate surface area is 110 Å². The molecular formula is C13H27N3O2. The quantitative estimate of drug-likeness (QED) is 0.696. The number of likely N-dealkylation sites (tertiary alicyclic amines) is 1. The number of aliphatic hydroxyl groups excluding tert-OH is 1. The molecular weight excluding hydrogens is 230 g/mol. The normalized spacial score (nSPS) is 25.8. The summed E-state index contributed by atoms with van der Waals surface area (Å²) in [7, 11) is 3.98. The largest absolute Gasteiger partial charge is 0.391 e. The van der Waals surface area contributed by atoms with E-state index in [-0.39, 0.29) is 24.0 Å². The van der Waals surface area contributed by atoms with Crippen molar-refractivity contribution in [1.29, 1.82) is 0 Å². The van der Waals surface area contributed by atoms with E-state index in [2.05, 4.69) is 11.8 Å². The van der Waals surface area contributed by atoms with Crippen molar-refractivity contribution in [3.05, 3.63) is 0 Å². The highest BCUT2D eigenvalue weighted by atomic mass is 16.3. The number of nitrogens with two attached hydrogens (primary N) is 1. The second kappa shape index (κ2) is 7.07. The highest BCUT2D eigenvalue weighted by Crippen LogP contribution is 2.21. The molecule has 5 heteroatoms. The lowest BCUT2D eigenvalue weighted by molar-refractivity contribution is -0.133. The molecule has 0 aliphatic carbocycles. The standard InChI is InChI=1S/C13H27N3O2/c1-4-10(7-14)5-13(18)16-9-12(17)6-11(16)8-15(2)3/h10-12,17H,4-9,14H2,1-3H3. The second-order valence-corrected chi connectivity index (χ2v) is 5.57. The summed E-state index contributed by atoms with van der Waals surface area (Å²) in [5.74, 6) is 0.394. The van der Waals surface area contributed by atoms with Gasteiger partial charge in [-0.15, -0.1) is 0 Å². The van der Waals surface area contributed by atoms with Gasteiger partial charge in [0.15, 0.2) is 0 Å². The average Bonchev–Trinajstić information content (AvgIpc) is 2.66. The first-order valence-electron chi connectivity index (χ1n) is 6.80. The highest BCUT2D eigenvalue weighted by molar-refractivity contribution is 5.77. The number of likely N-dealkylation sites (N-methyl/N-ethyl adjacent to an activating group) is 1. The molecule has 1 aliphatic rings. The Hall–Kier alpha value is -0.650. The molecule has 0 saturated carbocycles. The van der Waals surface area contributed by atoms with Crippen LogP contribution in [-0.4, -0.2) is 66.7 Å². The predicted octanol–water partition coefficient (Wildman–Crippen LogP) is -0.115. The van der Waals surface area contributed by atoms with Crippen LogP contribution in [-0.2, 0) is 4.79 Å². The van der Waals surface area contributed by atoms with Gasteiger partial charge in [0.25, 0.3) is 0 Å². The summed E-state index contributed by atoms with van der Waals surface area (Å²) in [6.45, 7) is 3.89. The molecule has 1 amide bonds. The molecule has 1 heterocycles. The van der Waals surface area contributed by atoms with Crippen LogP contribution in [0.5, 0.6) is 0 Å². The van der Waals surface area contributed by atoms with E-state index in [1.165, 1.54) is 0 Å². The van der Waals surface area contributed by atoms with Crippen molar-refractivity contribution >= 4 is 5.91 Å². The molecule has 0 spiro atoms. The fourth-order valence-electron chi connectivity index (χ4n) is 2.55. The van der Waals surface area contributed by atoms with E-state index in [1.54, 1.807) is 0 Å². The van der Waals surface area contributed by atoms with E-state index >= 15 is 0 Å². The number of nitrogens with zero attached hydrogens (tertiary/aromatic N) is 2. The highest BCUT2D eigenvalue weighted by Gasteiger charge is 2.34. The van der Waals surface area contributed by atoms with Crippen LogP contribution in [0.1, 0.15) is 26.2 Å². The van der Waals surface area contributed by atoms with Crippen LogP contribution in [0, 0.1) is 5.92 Å². The Balaban J connectivity index is 2.58. The molecule has 3 atom stereocenters. The smallest absolute Gasteiger partial charge is 0.223 e. The third-order valence-corrected chi connectivity index (χ3v) is 3.66. The molecule has 0 aromatic rings. The van der Waals surface area contributed by atoms with Crippen molar-refractivity contribution in [2.45, 2.75) is 38.3 Å². The Bertz CT molecular complexity index is 267. The van der Waals surface area contributed by atoms with Crippen LogP contribution in [0.2, 0.25) is 0 Å². The molecule has 1 rings (SSSR count). The zero-order valence-corrected chi connectivity index (χ0v) is 11.8. The number of hydrogen-bond donors (Lipinski definition) is 2. The summed E-state index contributed by atoms with van der Waals surface area (Å²) in [6, 6.07) is 0.137. The fourth-order valence-corrected chi connectivity index (χ4v) is 2.55. The van der Waals surface area contributed by atoms with E-state index < -0.39 is 0 Å². The first-order valence-corrected chi connectivity index (χ1v) is 6.80. The minimum Gasteiger partial charge on any atom is -0.391 e. The van der Waals surface area contributed by atoms with Crippen LogP contribution < -0.4 is 5.73 Å². The van der Waals surface area contributed by atoms with Crippen molar-refractivity contribution in [3.63, 3.8) is 0 Å². The van der Waals surface area contributed by atoms with Crippen molar-refractivity contribution in [2.24, 2.45) is 11.7 Å². The maximum Gasteiger partial charge on any atom is 0.223 e. The molecule has 3 N–H and O–H groups in total. The van der Waals surface area contributed by atoms with Gasteiger partial charge in [-0.05, 0) is 33.0 Å². The van der Waals surface area contributed by atoms with Gasteiger partial charge >= 0.3 is 0 Å². The van der Waals surface area contributed by atoms with Gasteiger partial charge in [0.05, 0.1) is 6.10 Å². The molecule has 3 unspecified atom stereocenters. The average molecular weight is 257 g/mol. The first kappa shape index (κ1) is 15.4. The van der Waals surface area contributed by atoms with Gasteiger partial charge in [-0.3, -0.25) is 4.79 Å². The number of carbonyl (C=O) groups excluding carboxylic acids is 1. The van der Waals surface area contributed by atoms with Gasteiger partial charge in [-0.1, -0.05) is 13.3 Å². The van der Waals surface area contributed by atoms with Crippen molar-refractivity contribution in [3.8, 4) is 0 Å². The number of rotatable bonds is 6. The molecule has 106 valence electrons. The lowest BCUT2D eigenvalue weighted by Gasteiger charge is -2.28. The molecule has 5 nitrogen and oxygen atoms in total. The topological polar surface area (TPSA) is 69.8 Å². The van der Waals surface area contributed by atoms with Crippen molar-refractivity contribution in [2.75, 3.05) is 33.7 Å². The summed E-state index contributed by atoms with van der Waals surface area (Å²) < 4.78 is 0. The number of carbonyl (C=O) groups is 1. The number of amides is 1. The van der Waals surface area contributed by atoms with Crippen molar-refractivity contribution < 1.29 is 9.90 Å². The predicted molar refractivity (Wildman–Crippen MR) is 72.1 cm³/mol. The molecule has 0 aromatic heterocycles. The lowest BCUT2D eigenvalue weighted by Crippen LogP contribution is -2.42. The molecule has 18 heavy (non-hydrogen) atoms. The Morgan fingerprint density at radius 2 is 2.22 bits per heavy atom. The van der Waals surface area contributed by atoms with E-state index in [1.807, 2.05) is 19.0 Å². The van der Waals surface area contributed by atoms with Crippen LogP contribution in [0.4, 0.5) is 0 Å². The lowest BCUT2D eigenvalue weighted by atomic mass is 10.0. The summed E-state index contributed by atoms with van der Waals surface area (Å²) in [5.41, 5.74) is 5.64.